The molecule has 0 bridgehead atoms. The molecule has 24 heavy (non-hydrogen) atoms. The second-order valence-electron chi connectivity index (χ2n) is 6.56. The van der Waals surface area contributed by atoms with Crippen LogP contribution in [0, 0.1) is 0 Å². The van der Waals surface area contributed by atoms with Crippen LogP contribution in [0.5, 0.6) is 5.75 Å². The Hall–Kier alpha value is -1.95. The fourth-order valence-electron chi connectivity index (χ4n) is 3.48. The lowest BCUT2D eigenvalue weighted by atomic mass is 10.1. The minimum absolute atomic E-state index is 0.159. The number of anilines is 2. The summed E-state index contributed by atoms with van der Waals surface area (Å²) in [7, 11) is 1.70. The fraction of sp³-hybridized carbons (Fsp3) is 0.611. The van der Waals surface area contributed by atoms with Crippen molar-refractivity contribution in [2.24, 2.45) is 0 Å². The number of methoxy groups -OCH3 is 1. The Bertz CT molecular complexity index is 564. The number of piperidine rings is 1. The first-order chi connectivity index (χ1) is 11.7. The number of piperazine rings is 1. The third-order valence-electron chi connectivity index (χ3n) is 4.93. The average molecular weight is 332 g/mol. The first-order valence-electron chi connectivity index (χ1n) is 8.83. The topological polar surface area (TPSA) is 56.8 Å². The van der Waals surface area contributed by atoms with Gasteiger partial charge in [0.2, 0.25) is 5.91 Å². The van der Waals surface area contributed by atoms with E-state index in [-0.39, 0.29) is 5.91 Å². The van der Waals surface area contributed by atoms with E-state index in [1.807, 2.05) is 11.0 Å². The van der Waals surface area contributed by atoms with Crippen molar-refractivity contribution in [1.82, 2.24) is 10.2 Å². The number of rotatable bonds is 4. The molecular formula is C18H28N4O2. The van der Waals surface area contributed by atoms with Gasteiger partial charge in [-0.25, -0.2) is 0 Å². The molecule has 0 unspecified atom stereocenters. The normalized spacial score (nSPS) is 21.5. The summed E-state index contributed by atoms with van der Waals surface area (Å²) in [5.74, 6) is 1.03. The van der Waals surface area contributed by atoms with Gasteiger partial charge >= 0.3 is 0 Å². The lowest BCUT2D eigenvalue weighted by molar-refractivity contribution is -0.129. The third-order valence-corrected chi connectivity index (χ3v) is 4.93. The summed E-state index contributed by atoms with van der Waals surface area (Å²) in [6, 6.07) is 6.68. The van der Waals surface area contributed by atoms with Crippen molar-refractivity contribution >= 4 is 17.3 Å². The molecule has 132 valence electrons. The number of nitrogens with one attached hydrogen (secondary N) is 2. The van der Waals surface area contributed by atoms with E-state index in [0.717, 1.165) is 50.7 Å². The van der Waals surface area contributed by atoms with E-state index in [4.69, 9.17) is 4.74 Å². The predicted molar refractivity (Wildman–Crippen MR) is 97.0 cm³/mol. The first-order valence-corrected chi connectivity index (χ1v) is 8.83. The maximum Gasteiger partial charge on any atom is 0.219 e. The number of ether oxygens (including phenoxy) is 1. The minimum atomic E-state index is 0.159. The van der Waals surface area contributed by atoms with E-state index >= 15 is 0 Å². The summed E-state index contributed by atoms with van der Waals surface area (Å²) >= 11 is 0. The van der Waals surface area contributed by atoms with Crippen molar-refractivity contribution in [1.29, 1.82) is 0 Å². The number of benzene rings is 1. The van der Waals surface area contributed by atoms with Crippen LogP contribution in [0.25, 0.3) is 0 Å². The van der Waals surface area contributed by atoms with Gasteiger partial charge < -0.3 is 25.2 Å². The van der Waals surface area contributed by atoms with E-state index in [1.165, 1.54) is 18.5 Å². The quantitative estimate of drug-likeness (QED) is 0.876. The van der Waals surface area contributed by atoms with E-state index in [9.17, 15) is 4.79 Å². The Balaban J connectivity index is 1.75. The van der Waals surface area contributed by atoms with Gasteiger partial charge in [0.15, 0.2) is 0 Å². The molecule has 2 heterocycles. The van der Waals surface area contributed by atoms with Crippen LogP contribution in [0.4, 0.5) is 11.4 Å². The zero-order chi connectivity index (χ0) is 16.9. The highest BCUT2D eigenvalue weighted by Crippen LogP contribution is 2.32. The SMILES string of the molecule is COc1ccc(N[C@@H]2CCCNC2)c(N2CCN(C(C)=O)CC2)c1. The number of carbonyl (C=O) groups excluding carboxylic acids is 1. The highest BCUT2D eigenvalue weighted by atomic mass is 16.5. The van der Waals surface area contributed by atoms with Crippen LogP contribution in [-0.2, 0) is 4.79 Å². The highest BCUT2D eigenvalue weighted by molar-refractivity contribution is 5.75. The molecule has 0 aliphatic carbocycles. The summed E-state index contributed by atoms with van der Waals surface area (Å²) < 4.78 is 5.42. The van der Waals surface area contributed by atoms with Crippen molar-refractivity contribution in [2.75, 3.05) is 56.6 Å². The van der Waals surface area contributed by atoms with Gasteiger partial charge in [0, 0.05) is 51.8 Å². The first kappa shape index (κ1) is 16.9. The van der Waals surface area contributed by atoms with Gasteiger partial charge in [-0.2, -0.15) is 0 Å². The number of hydrogen-bond acceptors (Lipinski definition) is 5. The summed E-state index contributed by atoms with van der Waals surface area (Å²) in [5.41, 5.74) is 2.32. The molecule has 1 atom stereocenters. The monoisotopic (exact) mass is 332 g/mol. The molecule has 0 spiro atoms. The van der Waals surface area contributed by atoms with Gasteiger partial charge in [0.1, 0.15) is 5.75 Å². The van der Waals surface area contributed by atoms with Crippen molar-refractivity contribution in [3.05, 3.63) is 18.2 Å². The van der Waals surface area contributed by atoms with E-state index in [0.29, 0.717) is 6.04 Å². The molecule has 1 amide bonds. The van der Waals surface area contributed by atoms with E-state index in [2.05, 4.69) is 27.7 Å². The van der Waals surface area contributed by atoms with E-state index in [1.54, 1.807) is 14.0 Å². The molecule has 3 rings (SSSR count). The van der Waals surface area contributed by atoms with Crippen molar-refractivity contribution in [3.8, 4) is 5.75 Å². The third kappa shape index (κ3) is 3.93. The summed E-state index contributed by atoms with van der Waals surface area (Å²) in [5, 5.41) is 7.14. The summed E-state index contributed by atoms with van der Waals surface area (Å²) in [6.45, 7) is 7.01. The highest BCUT2D eigenvalue weighted by Gasteiger charge is 2.22. The Morgan fingerprint density at radius 2 is 2.08 bits per heavy atom. The number of hydrogen-bond donors (Lipinski definition) is 2. The second-order valence-corrected chi connectivity index (χ2v) is 6.56. The largest absolute Gasteiger partial charge is 0.497 e. The van der Waals surface area contributed by atoms with Gasteiger partial charge in [-0.3, -0.25) is 4.79 Å². The lowest BCUT2D eigenvalue weighted by Gasteiger charge is -2.37. The summed E-state index contributed by atoms with van der Waals surface area (Å²) in [4.78, 5) is 15.8. The molecule has 1 aromatic carbocycles. The number of carbonyl (C=O) groups is 1. The van der Waals surface area contributed by atoms with Gasteiger partial charge in [0.25, 0.3) is 0 Å². The van der Waals surface area contributed by atoms with Crippen LogP contribution in [-0.4, -0.2) is 63.2 Å². The standard InChI is InChI=1S/C18H28N4O2/c1-14(23)21-8-10-22(11-9-21)18-12-16(24-2)5-6-17(18)20-15-4-3-7-19-13-15/h5-6,12,15,19-20H,3-4,7-11,13H2,1-2H3/t15-/m1/s1. The Labute approximate surface area is 144 Å². The van der Waals surface area contributed by atoms with Gasteiger partial charge in [-0.15, -0.1) is 0 Å². The fourth-order valence-corrected chi connectivity index (χ4v) is 3.48. The van der Waals surface area contributed by atoms with Gasteiger partial charge in [0.05, 0.1) is 18.5 Å². The smallest absolute Gasteiger partial charge is 0.219 e. The van der Waals surface area contributed by atoms with Crippen LogP contribution in [0.2, 0.25) is 0 Å². The predicted octanol–water partition coefficient (Wildman–Crippen LogP) is 1.53. The minimum Gasteiger partial charge on any atom is -0.497 e. The molecule has 6 heteroatoms. The average Bonchev–Trinajstić information content (AvgIpc) is 2.63. The van der Waals surface area contributed by atoms with Crippen LogP contribution in [0.1, 0.15) is 19.8 Å². The molecule has 0 aromatic heterocycles. The van der Waals surface area contributed by atoms with Crippen LogP contribution >= 0.6 is 0 Å². The summed E-state index contributed by atoms with van der Waals surface area (Å²) in [6.07, 6.45) is 2.40. The molecular weight excluding hydrogens is 304 g/mol. The Kier molecular flexibility index (Phi) is 5.45. The van der Waals surface area contributed by atoms with Crippen molar-refractivity contribution < 1.29 is 9.53 Å². The zero-order valence-electron chi connectivity index (χ0n) is 14.7. The number of amides is 1. The number of nitrogens with zero attached hydrogens (tertiary/aromatic N) is 2. The maximum absolute atomic E-state index is 11.5. The van der Waals surface area contributed by atoms with Crippen LogP contribution < -0.4 is 20.3 Å². The Morgan fingerprint density at radius 3 is 2.71 bits per heavy atom. The molecule has 2 aliphatic rings. The van der Waals surface area contributed by atoms with Gasteiger partial charge in [-0.05, 0) is 31.5 Å². The Morgan fingerprint density at radius 1 is 1.29 bits per heavy atom. The van der Waals surface area contributed by atoms with Crippen molar-refractivity contribution in [2.45, 2.75) is 25.8 Å². The molecule has 2 fully saturated rings. The van der Waals surface area contributed by atoms with Crippen molar-refractivity contribution in [3.63, 3.8) is 0 Å². The molecule has 2 aliphatic heterocycles. The molecule has 2 saturated heterocycles. The van der Waals surface area contributed by atoms with Gasteiger partial charge in [-0.1, -0.05) is 0 Å². The van der Waals surface area contributed by atoms with Crippen LogP contribution in [0.15, 0.2) is 18.2 Å². The molecule has 6 nitrogen and oxygen atoms in total. The lowest BCUT2D eigenvalue weighted by Crippen LogP contribution is -2.48. The van der Waals surface area contributed by atoms with Crippen LogP contribution in [0.3, 0.4) is 0 Å². The molecule has 0 saturated carbocycles. The second kappa shape index (κ2) is 7.75. The molecule has 0 radical (unpaired) electrons. The molecule has 2 N–H and O–H groups in total. The zero-order valence-corrected chi connectivity index (χ0v) is 14.7. The maximum atomic E-state index is 11.5. The van der Waals surface area contributed by atoms with E-state index < -0.39 is 0 Å². The molecule has 1 aromatic rings.